The largest absolute Gasteiger partial charge is 0.508 e. The van der Waals surface area contributed by atoms with Crippen LogP contribution < -0.4 is 5.43 Å². The summed E-state index contributed by atoms with van der Waals surface area (Å²) in [6, 6.07) is 5.53. The van der Waals surface area contributed by atoms with Crippen LogP contribution in [-0.2, 0) is 0 Å². The van der Waals surface area contributed by atoms with Gasteiger partial charge >= 0.3 is 78.6 Å². The summed E-state index contributed by atoms with van der Waals surface area (Å²) < 4.78 is 8.47. The summed E-state index contributed by atoms with van der Waals surface area (Å²) in [5.74, 6) is -2.66. The number of hydrogen-bond acceptors (Lipinski definition) is 7. The van der Waals surface area contributed by atoms with Crippen molar-refractivity contribution in [3.05, 3.63) is 40.6 Å². The van der Waals surface area contributed by atoms with Crippen molar-refractivity contribution in [3.63, 3.8) is 0 Å². The molecular formula is C23H29BrO7Sn. The first-order chi connectivity index (χ1) is 15.2. The maximum absolute atomic E-state index is 12.2. The Morgan fingerprint density at radius 3 is 2.03 bits per heavy atom. The van der Waals surface area contributed by atoms with E-state index in [1.54, 1.807) is 8.87 Å². The van der Waals surface area contributed by atoms with E-state index in [9.17, 15) is 30.3 Å². The first-order valence-corrected chi connectivity index (χ1v) is 22.6. The molecule has 1 aromatic heterocycles. The molecule has 2 aromatic carbocycles. The third-order valence-electron chi connectivity index (χ3n) is 4.90. The molecular weight excluding hydrogens is 587 g/mol. The topological polar surface area (TPSA) is 131 Å². The molecule has 0 amide bonds. The molecule has 0 atom stereocenters. The standard InChI is InChI=1S/C15H10O7.2C4H9.BrH.Sn.H/c16-6-1-2-8(9(18)3-6)15-14(21)13(20)12-10(19)4-7(17)5-11(12)22-15;2*1-3-4-2;;;/h1-5,16-19,21H;2*1,3-4H2,2H3;1H;;/q;;;;+1;/p-1. The molecule has 0 bridgehead atoms. The molecule has 0 saturated heterocycles. The van der Waals surface area contributed by atoms with E-state index in [-0.39, 0.29) is 33.8 Å². The van der Waals surface area contributed by atoms with E-state index in [1.165, 1.54) is 37.8 Å². The van der Waals surface area contributed by atoms with Crippen LogP contribution >= 0.6 is 12.7 Å². The molecule has 0 fully saturated rings. The van der Waals surface area contributed by atoms with E-state index in [0.717, 1.165) is 18.2 Å². The fourth-order valence-corrected chi connectivity index (χ4v) is 13.2. The molecule has 174 valence electrons. The Bertz CT molecular complexity index is 1110. The molecule has 3 rings (SSSR count). The van der Waals surface area contributed by atoms with E-state index in [4.69, 9.17) is 4.42 Å². The number of unbranched alkanes of at least 4 members (excludes halogenated alkanes) is 2. The van der Waals surface area contributed by atoms with Gasteiger partial charge in [0.15, 0.2) is 5.76 Å². The minimum atomic E-state index is -1.04. The Kier molecular flexibility index (Phi) is 10.0. The average molecular weight is 616 g/mol. The van der Waals surface area contributed by atoms with Crippen molar-refractivity contribution in [1.82, 2.24) is 0 Å². The van der Waals surface area contributed by atoms with Gasteiger partial charge in [-0.1, -0.05) is 0 Å². The molecule has 7 nitrogen and oxygen atoms in total. The summed E-state index contributed by atoms with van der Waals surface area (Å²) in [6.45, 7) is 4.57. The minimum Gasteiger partial charge on any atom is -0.508 e. The molecule has 0 radical (unpaired) electrons. The number of hydrogen-bond donors (Lipinski definition) is 5. The molecule has 3 aromatic rings. The van der Waals surface area contributed by atoms with Gasteiger partial charge in [0.25, 0.3) is 0 Å². The van der Waals surface area contributed by atoms with Gasteiger partial charge in [0.05, 0.1) is 5.56 Å². The maximum Gasteiger partial charge on any atom is 0.238 e. The minimum absolute atomic E-state index is 0.0304. The van der Waals surface area contributed by atoms with Gasteiger partial charge in [-0.2, -0.15) is 0 Å². The number of aromatic hydroxyl groups is 5. The first kappa shape index (κ1) is 26.2. The zero-order chi connectivity index (χ0) is 23.8. The Labute approximate surface area is 199 Å². The smallest absolute Gasteiger partial charge is 0.238 e. The fraction of sp³-hybridized carbons (Fsp3) is 0.348. The Morgan fingerprint density at radius 2 is 1.47 bits per heavy atom. The number of phenolic OH excluding ortho intramolecular Hbond substituents is 4. The van der Waals surface area contributed by atoms with Crippen LogP contribution in [0.5, 0.6) is 28.7 Å². The van der Waals surface area contributed by atoms with E-state index in [1.807, 2.05) is 0 Å². The quantitative estimate of drug-likeness (QED) is 0.216. The van der Waals surface area contributed by atoms with Crippen molar-refractivity contribution < 1.29 is 29.9 Å². The summed E-state index contributed by atoms with van der Waals surface area (Å²) in [7, 11) is 0. The van der Waals surface area contributed by atoms with Crippen LogP contribution in [0.2, 0.25) is 8.87 Å². The molecule has 1 heterocycles. The van der Waals surface area contributed by atoms with Crippen molar-refractivity contribution in [2.24, 2.45) is 0 Å². The SMILES string of the molecule is CCC[CH2][SnH]([Br])[CH2]CCC.O=c1c(O)c(-c2ccc(O)cc2O)oc2cc(O)cc(O)c12. The Hall–Kier alpha value is -2.07. The number of halogens is 1. The number of phenols is 4. The second-order valence-corrected chi connectivity index (χ2v) is 22.9. The normalized spacial score (nSPS) is 10.9. The summed E-state index contributed by atoms with van der Waals surface area (Å²) >= 11 is 2.85. The number of benzene rings is 2. The van der Waals surface area contributed by atoms with Crippen molar-refractivity contribution in [2.75, 3.05) is 0 Å². The predicted octanol–water partition coefficient (Wildman–Crippen LogP) is 5.69. The zero-order valence-electron chi connectivity index (χ0n) is 18.1. The van der Waals surface area contributed by atoms with E-state index >= 15 is 0 Å². The molecule has 0 aliphatic heterocycles. The van der Waals surface area contributed by atoms with Crippen molar-refractivity contribution >= 4 is 41.2 Å². The average Bonchev–Trinajstić information content (AvgIpc) is 2.73. The van der Waals surface area contributed by atoms with E-state index in [0.29, 0.717) is 0 Å². The van der Waals surface area contributed by atoms with Gasteiger partial charge < -0.3 is 29.9 Å². The molecule has 0 spiro atoms. The van der Waals surface area contributed by atoms with Crippen molar-refractivity contribution in [2.45, 2.75) is 48.4 Å². The Balaban J connectivity index is 0.000000309. The van der Waals surface area contributed by atoms with Crippen LogP contribution in [0.25, 0.3) is 22.3 Å². The van der Waals surface area contributed by atoms with Gasteiger partial charge in [-0.15, -0.1) is 0 Å². The molecule has 32 heavy (non-hydrogen) atoms. The fourth-order valence-electron chi connectivity index (χ4n) is 3.17. The zero-order valence-corrected chi connectivity index (χ0v) is 23.0. The van der Waals surface area contributed by atoms with Gasteiger partial charge in [-0.05, 0) is 12.1 Å². The van der Waals surface area contributed by atoms with Crippen molar-refractivity contribution in [3.8, 4) is 40.1 Å². The molecule has 0 unspecified atom stereocenters. The second-order valence-electron chi connectivity index (χ2n) is 7.53. The van der Waals surface area contributed by atoms with Gasteiger partial charge in [-0.25, -0.2) is 0 Å². The third kappa shape index (κ3) is 6.71. The maximum atomic E-state index is 12.2. The van der Waals surface area contributed by atoms with Gasteiger partial charge in [-0.3, -0.25) is 4.79 Å². The van der Waals surface area contributed by atoms with Gasteiger partial charge in [0, 0.05) is 18.2 Å². The summed E-state index contributed by atoms with van der Waals surface area (Å²) in [4.78, 5) is 12.2. The van der Waals surface area contributed by atoms with Crippen LogP contribution in [-0.4, -0.2) is 43.1 Å². The molecule has 5 N–H and O–H groups in total. The van der Waals surface area contributed by atoms with Crippen LogP contribution in [0.3, 0.4) is 0 Å². The van der Waals surface area contributed by atoms with E-state index < -0.39 is 40.2 Å². The van der Waals surface area contributed by atoms with Crippen LogP contribution in [0.15, 0.2) is 39.5 Å². The molecule has 0 saturated carbocycles. The number of fused-ring (bicyclic) bond motifs is 1. The van der Waals surface area contributed by atoms with Crippen molar-refractivity contribution in [1.29, 1.82) is 0 Å². The van der Waals surface area contributed by atoms with E-state index in [2.05, 4.69) is 26.6 Å². The monoisotopic (exact) mass is 616 g/mol. The first-order valence-electron chi connectivity index (χ1n) is 10.6. The Morgan fingerprint density at radius 1 is 0.875 bits per heavy atom. The van der Waals surface area contributed by atoms with Crippen LogP contribution in [0, 0.1) is 0 Å². The molecule has 0 aliphatic rings. The summed E-state index contributed by atoms with van der Waals surface area (Å²) in [6.07, 6.45) is 5.70. The van der Waals surface area contributed by atoms with Crippen LogP contribution in [0.4, 0.5) is 0 Å². The predicted molar refractivity (Wildman–Crippen MR) is 132 cm³/mol. The summed E-state index contributed by atoms with van der Waals surface area (Å²) in [5, 5.41) is 47.9. The molecule has 9 heteroatoms. The van der Waals surface area contributed by atoms with Gasteiger partial charge in [0.1, 0.15) is 34.0 Å². The second kappa shape index (κ2) is 12.2. The third-order valence-corrected chi connectivity index (χ3v) is 17.0. The summed E-state index contributed by atoms with van der Waals surface area (Å²) in [5.41, 5.74) is -1.11. The molecule has 0 aliphatic carbocycles. The van der Waals surface area contributed by atoms with Crippen LogP contribution in [0.1, 0.15) is 39.5 Å². The van der Waals surface area contributed by atoms with Gasteiger partial charge in [0.2, 0.25) is 11.2 Å². The number of rotatable bonds is 7.